The molecule has 0 aromatic carbocycles. The molecule has 2 aromatic rings. The Kier molecular flexibility index (Phi) is 4.85. The number of carbonyl (C=O) groups is 1. The zero-order valence-electron chi connectivity index (χ0n) is 13.5. The molecular weight excluding hydrogens is 308 g/mol. The van der Waals surface area contributed by atoms with E-state index in [-0.39, 0.29) is 12.5 Å². The van der Waals surface area contributed by atoms with Crippen LogP contribution < -0.4 is 10.2 Å². The van der Waals surface area contributed by atoms with Gasteiger partial charge >= 0.3 is 0 Å². The van der Waals surface area contributed by atoms with Gasteiger partial charge in [-0.25, -0.2) is 9.97 Å². The lowest BCUT2D eigenvalue weighted by molar-refractivity contribution is 0.0673. The van der Waals surface area contributed by atoms with E-state index in [4.69, 9.17) is 0 Å². The molecule has 0 spiro atoms. The highest BCUT2D eigenvalue weighted by Gasteiger charge is 2.25. The second-order valence-corrected chi connectivity index (χ2v) is 5.60. The van der Waals surface area contributed by atoms with Gasteiger partial charge in [-0.3, -0.25) is 9.78 Å². The van der Waals surface area contributed by atoms with E-state index in [0.717, 1.165) is 5.69 Å². The molecule has 0 saturated carbocycles. The van der Waals surface area contributed by atoms with E-state index in [9.17, 15) is 9.90 Å². The molecule has 2 N–H and O–H groups in total. The first-order chi connectivity index (χ1) is 11.7. The van der Waals surface area contributed by atoms with Crippen molar-refractivity contribution in [2.24, 2.45) is 0 Å². The Balaban J connectivity index is 1.71. The van der Waals surface area contributed by atoms with Crippen molar-refractivity contribution in [3.63, 3.8) is 0 Å². The Morgan fingerprint density at radius 3 is 2.58 bits per heavy atom. The normalized spacial score (nSPS) is 18.2. The van der Waals surface area contributed by atoms with Crippen LogP contribution in [-0.4, -0.2) is 70.2 Å². The molecule has 3 heterocycles. The van der Waals surface area contributed by atoms with Crippen LogP contribution in [0.1, 0.15) is 10.4 Å². The van der Waals surface area contributed by atoms with Crippen LogP contribution >= 0.6 is 0 Å². The van der Waals surface area contributed by atoms with Crippen LogP contribution in [0.15, 0.2) is 36.9 Å². The summed E-state index contributed by atoms with van der Waals surface area (Å²) in [6.45, 7) is 1.92. The lowest BCUT2D eigenvalue weighted by Crippen LogP contribution is -2.37. The van der Waals surface area contributed by atoms with Gasteiger partial charge in [-0.1, -0.05) is 0 Å². The summed E-state index contributed by atoms with van der Waals surface area (Å²) in [4.78, 5) is 28.5. The molecule has 1 atom stereocenters. The predicted molar refractivity (Wildman–Crippen MR) is 89.9 cm³/mol. The molecule has 1 amide bonds. The Hall–Kier alpha value is -2.74. The number of hydrogen-bond donors (Lipinski definition) is 2. The number of aliphatic hydroxyl groups is 1. The highest BCUT2D eigenvalue weighted by molar-refractivity contribution is 5.93. The van der Waals surface area contributed by atoms with E-state index >= 15 is 0 Å². The predicted octanol–water partition coefficient (Wildman–Crippen LogP) is 0.237. The van der Waals surface area contributed by atoms with Crippen LogP contribution in [-0.2, 0) is 0 Å². The Bertz CT molecular complexity index is 679. The molecule has 0 bridgehead atoms. The lowest BCUT2D eigenvalue weighted by atomic mass is 10.2. The van der Waals surface area contributed by atoms with Gasteiger partial charge in [0.15, 0.2) is 0 Å². The quantitative estimate of drug-likeness (QED) is 0.833. The molecule has 0 radical (unpaired) electrons. The molecule has 8 nitrogen and oxygen atoms in total. The third kappa shape index (κ3) is 3.60. The van der Waals surface area contributed by atoms with E-state index in [1.165, 1.54) is 12.4 Å². The van der Waals surface area contributed by atoms with Crippen molar-refractivity contribution in [2.75, 3.05) is 43.4 Å². The van der Waals surface area contributed by atoms with Crippen molar-refractivity contribution >= 4 is 17.5 Å². The molecule has 8 heteroatoms. The number of rotatable bonds is 3. The largest absolute Gasteiger partial charge is 0.389 e. The average Bonchev–Trinajstić information content (AvgIpc) is 2.83. The molecular formula is C16H20N6O2. The van der Waals surface area contributed by atoms with Gasteiger partial charge in [0, 0.05) is 63.7 Å². The highest BCUT2D eigenvalue weighted by atomic mass is 16.3. The van der Waals surface area contributed by atoms with Crippen LogP contribution in [0.2, 0.25) is 0 Å². The van der Waals surface area contributed by atoms with Gasteiger partial charge in [-0.2, -0.15) is 0 Å². The highest BCUT2D eigenvalue weighted by Crippen LogP contribution is 2.16. The van der Waals surface area contributed by atoms with Crippen LogP contribution in [0, 0.1) is 0 Å². The minimum Gasteiger partial charge on any atom is -0.389 e. The van der Waals surface area contributed by atoms with Gasteiger partial charge in [-0.15, -0.1) is 0 Å². The molecule has 1 aliphatic rings. The van der Waals surface area contributed by atoms with Crippen molar-refractivity contribution in [1.82, 2.24) is 19.9 Å². The number of β-amino-alcohol motifs (C(OH)–C–C–N with tert-alkyl or cyclic N) is 1. The number of amides is 1. The fourth-order valence-corrected chi connectivity index (χ4v) is 2.71. The summed E-state index contributed by atoms with van der Waals surface area (Å²) in [6, 6.07) is 3.79. The average molecular weight is 328 g/mol. The lowest BCUT2D eigenvalue weighted by Gasteiger charge is -2.23. The summed E-state index contributed by atoms with van der Waals surface area (Å²) >= 11 is 0. The van der Waals surface area contributed by atoms with Crippen LogP contribution in [0.25, 0.3) is 0 Å². The zero-order chi connectivity index (χ0) is 16.9. The van der Waals surface area contributed by atoms with Crippen molar-refractivity contribution in [1.29, 1.82) is 0 Å². The number of nitrogens with one attached hydrogen (secondary N) is 1. The first kappa shape index (κ1) is 16.1. The fraction of sp³-hybridized carbons (Fsp3) is 0.375. The van der Waals surface area contributed by atoms with Crippen molar-refractivity contribution in [3.05, 3.63) is 42.5 Å². The number of aliphatic hydroxyl groups excluding tert-OH is 1. The molecule has 126 valence electrons. The van der Waals surface area contributed by atoms with E-state index in [1.54, 1.807) is 24.3 Å². The number of pyridine rings is 1. The summed E-state index contributed by atoms with van der Waals surface area (Å²) in [5, 5.41) is 13.1. The van der Waals surface area contributed by atoms with Crippen molar-refractivity contribution < 1.29 is 9.90 Å². The minimum atomic E-state index is -0.623. The summed E-state index contributed by atoms with van der Waals surface area (Å²) in [7, 11) is 1.72. The number of nitrogens with zero attached hydrogens (tertiary/aromatic N) is 5. The van der Waals surface area contributed by atoms with Gasteiger partial charge in [0.2, 0.25) is 5.95 Å². The Morgan fingerprint density at radius 2 is 1.92 bits per heavy atom. The number of hydrogen-bond acceptors (Lipinski definition) is 7. The maximum Gasteiger partial charge on any atom is 0.257 e. The maximum atomic E-state index is 12.6. The summed E-state index contributed by atoms with van der Waals surface area (Å²) in [6.07, 6.45) is 5.81. The molecule has 3 rings (SSSR count). The molecule has 1 saturated heterocycles. The van der Waals surface area contributed by atoms with Crippen LogP contribution in [0.5, 0.6) is 0 Å². The third-order valence-electron chi connectivity index (χ3n) is 3.94. The first-order valence-electron chi connectivity index (χ1n) is 7.79. The van der Waals surface area contributed by atoms with Crippen LogP contribution in [0.4, 0.5) is 11.6 Å². The molecule has 1 aliphatic heterocycles. The molecule has 1 fully saturated rings. The van der Waals surface area contributed by atoms with E-state index in [2.05, 4.69) is 25.2 Å². The molecule has 2 aromatic heterocycles. The first-order valence-corrected chi connectivity index (χ1v) is 7.79. The van der Waals surface area contributed by atoms with Gasteiger partial charge < -0.3 is 20.2 Å². The van der Waals surface area contributed by atoms with E-state index in [0.29, 0.717) is 31.1 Å². The van der Waals surface area contributed by atoms with Gasteiger partial charge in [0.1, 0.15) is 0 Å². The topological polar surface area (TPSA) is 94.5 Å². The SMILES string of the molecule is CNc1ncc(C(=O)N2CCN(c3ccncc3)C[C@H](O)C2)cn1. The second kappa shape index (κ2) is 7.22. The van der Waals surface area contributed by atoms with Crippen molar-refractivity contribution in [3.8, 4) is 0 Å². The Morgan fingerprint density at radius 1 is 1.21 bits per heavy atom. The number of aromatic nitrogens is 3. The van der Waals surface area contributed by atoms with Crippen molar-refractivity contribution in [2.45, 2.75) is 6.10 Å². The maximum absolute atomic E-state index is 12.6. The summed E-state index contributed by atoms with van der Waals surface area (Å²) in [5.41, 5.74) is 1.40. The number of carbonyl (C=O) groups excluding carboxylic acids is 1. The van der Waals surface area contributed by atoms with E-state index in [1.807, 2.05) is 12.1 Å². The standard InChI is InChI=1S/C16H20N6O2/c1-17-16-19-8-12(9-20-16)15(24)22-7-6-21(10-14(23)11-22)13-2-4-18-5-3-13/h2-5,8-9,14,23H,6-7,10-11H2,1H3,(H,17,19,20)/t14-/m0/s1. The summed E-state index contributed by atoms with van der Waals surface area (Å²) in [5.74, 6) is 0.291. The molecule has 0 aliphatic carbocycles. The smallest absolute Gasteiger partial charge is 0.257 e. The van der Waals surface area contributed by atoms with Gasteiger partial charge in [-0.05, 0) is 12.1 Å². The zero-order valence-corrected chi connectivity index (χ0v) is 13.5. The monoisotopic (exact) mass is 328 g/mol. The molecule has 24 heavy (non-hydrogen) atoms. The second-order valence-electron chi connectivity index (χ2n) is 5.60. The van der Waals surface area contributed by atoms with Gasteiger partial charge in [0.25, 0.3) is 5.91 Å². The Labute approximate surface area is 140 Å². The van der Waals surface area contributed by atoms with E-state index < -0.39 is 6.10 Å². The minimum absolute atomic E-state index is 0.173. The van der Waals surface area contributed by atoms with Gasteiger partial charge in [0.05, 0.1) is 11.7 Å². The third-order valence-corrected chi connectivity index (χ3v) is 3.94. The number of anilines is 2. The molecule has 0 unspecified atom stereocenters. The van der Waals surface area contributed by atoms with Crippen LogP contribution in [0.3, 0.4) is 0 Å². The summed E-state index contributed by atoms with van der Waals surface area (Å²) < 4.78 is 0. The fourth-order valence-electron chi connectivity index (χ4n) is 2.71.